The summed E-state index contributed by atoms with van der Waals surface area (Å²) in [6.07, 6.45) is 2.90. The van der Waals surface area contributed by atoms with E-state index in [0.717, 1.165) is 21.9 Å². The number of fused-ring (bicyclic) bond motifs is 6. The third-order valence-corrected chi connectivity index (χ3v) is 10.8. The van der Waals surface area contributed by atoms with E-state index in [4.69, 9.17) is 41.0 Å². The Morgan fingerprint density at radius 1 is 1.15 bits per heavy atom. The van der Waals surface area contributed by atoms with Gasteiger partial charge < -0.3 is 39.4 Å². The van der Waals surface area contributed by atoms with Gasteiger partial charge >= 0.3 is 12.1 Å². The van der Waals surface area contributed by atoms with Gasteiger partial charge in [0.1, 0.15) is 46.1 Å². The van der Waals surface area contributed by atoms with Crippen LogP contribution in [0, 0.1) is 5.92 Å². The Hall–Kier alpha value is -4.69. The van der Waals surface area contributed by atoms with Crippen molar-refractivity contribution < 1.29 is 43.2 Å². The van der Waals surface area contributed by atoms with Gasteiger partial charge in [-0.15, -0.1) is 0 Å². The summed E-state index contributed by atoms with van der Waals surface area (Å²) in [5, 5.41) is 16.4. The van der Waals surface area contributed by atoms with Crippen LogP contribution in [-0.2, 0) is 35.0 Å². The molecule has 6 rings (SSSR count). The average molecular weight is 779 g/mol. The maximum atomic E-state index is 14.1. The number of anilines is 3. The molecule has 0 unspecified atom stereocenters. The van der Waals surface area contributed by atoms with Crippen molar-refractivity contribution in [3.05, 3.63) is 77.0 Å². The van der Waals surface area contributed by atoms with Gasteiger partial charge in [-0.2, -0.15) is 0 Å². The molecular formula is C41H51ClN4O9. The summed E-state index contributed by atoms with van der Waals surface area (Å²) in [7, 11) is 4.57. The van der Waals surface area contributed by atoms with Crippen LogP contribution in [0.15, 0.2) is 66.4 Å². The lowest BCUT2D eigenvalue weighted by molar-refractivity contribution is -0.187. The number of rotatable bonds is 4. The molecule has 2 amide bonds. The standard InChI is InChI=1S/C39H45ClN4O9.C2H6/c1-21-8-7-9-30(50-6)39(48)18-29(51-34(46)19-39)22(2)36-38(3,53-36)31(17-33(45)44(4)27-13-23(12-21)14-28(49-5)35(27)40)52-37(47)43-26-11-10-24-16-32(41)42-20-25(24)15-26;1-2/h7-11,13-16,20,22,29-31,36,48H,12,17-19H2,1-6H3,(H2,41,42)(H,43,47);1-2H3/b9-7+,21-8+;/t22-,29+,30-,31+,36+,38+,39-;/m1./s1. The van der Waals surface area contributed by atoms with Gasteiger partial charge in [0.15, 0.2) is 0 Å². The molecule has 4 bridgehead atoms. The molecule has 3 aliphatic rings. The number of aliphatic hydroxyl groups is 1. The van der Waals surface area contributed by atoms with Gasteiger partial charge in [0.25, 0.3) is 0 Å². The largest absolute Gasteiger partial charge is 0.495 e. The number of methoxy groups -OCH3 is 2. The Balaban J connectivity index is 0.00000285. The maximum absolute atomic E-state index is 14.1. The van der Waals surface area contributed by atoms with Gasteiger partial charge in [-0.3, -0.25) is 14.9 Å². The molecule has 0 saturated carbocycles. The Labute approximate surface area is 326 Å². The zero-order valence-electron chi connectivity index (χ0n) is 32.6. The van der Waals surface area contributed by atoms with Gasteiger partial charge in [-0.1, -0.05) is 62.2 Å². The Kier molecular flexibility index (Phi) is 12.8. The Morgan fingerprint density at radius 2 is 1.89 bits per heavy atom. The lowest BCUT2D eigenvalue weighted by Crippen LogP contribution is -2.53. The number of aromatic nitrogens is 1. The maximum Gasteiger partial charge on any atom is 0.412 e. The fourth-order valence-electron chi connectivity index (χ4n) is 7.37. The highest BCUT2D eigenvalue weighted by Gasteiger charge is 2.64. The molecule has 3 aromatic rings. The number of epoxide rings is 1. The summed E-state index contributed by atoms with van der Waals surface area (Å²) in [6, 6.07) is 10.6. The first kappa shape index (κ1) is 41.5. The second-order valence-electron chi connectivity index (χ2n) is 14.3. The van der Waals surface area contributed by atoms with Crippen LogP contribution in [0.4, 0.5) is 22.0 Å². The molecule has 0 radical (unpaired) electrons. The number of pyridine rings is 1. The van der Waals surface area contributed by atoms with Crippen molar-refractivity contribution in [3.8, 4) is 5.75 Å². The first-order chi connectivity index (χ1) is 26.1. The predicted octanol–water partition coefficient (Wildman–Crippen LogP) is 6.78. The van der Waals surface area contributed by atoms with E-state index in [1.807, 2.05) is 39.8 Å². The van der Waals surface area contributed by atoms with Crippen LogP contribution in [-0.4, -0.2) is 84.9 Å². The molecule has 2 aromatic carbocycles. The van der Waals surface area contributed by atoms with E-state index in [0.29, 0.717) is 29.4 Å². The van der Waals surface area contributed by atoms with Gasteiger partial charge in [-0.05, 0) is 61.5 Å². The zero-order valence-corrected chi connectivity index (χ0v) is 33.3. The summed E-state index contributed by atoms with van der Waals surface area (Å²) in [5.41, 5.74) is 5.71. The number of carbonyl (C=O) groups is 3. The zero-order chi connectivity index (χ0) is 40.2. The van der Waals surface area contributed by atoms with Crippen molar-refractivity contribution in [2.24, 2.45) is 5.92 Å². The van der Waals surface area contributed by atoms with E-state index < -0.39 is 59.5 Å². The summed E-state index contributed by atoms with van der Waals surface area (Å²) < 4.78 is 29.4. The minimum Gasteiger partial charge on any atom is -0.495 e. The number of nitrogen functional groups attached to an aromatic ring is 1. The fourth-order valence-corrected chi connectivity index (χ4v) is 7.68. The van der Waals surface area contributed by atoms with E-state index in [-0.39, 0.29) is 24.3 Å². The monoisotopic (exact) mass is 778 g/mol. The lowest BCUT2D eigenvalue weighted by Gasteiger charge is -2.41. The summed E-state index contributed by atoms with van der Waals surface area (Å²) >= 11 is 6.77. The van der Waals surface area contributed by atoms with Crippen molar-refractivity contribution >= 4 is 57.5 Å². The highest BCUT2D eigenvalue weighted by atomic mass is 35.5. The third-order valence-electron chi connectivity index (χ3n) is 10.4. The molecule has 7 atom stereocenters. The van der Waals surface area contributed by atoms with Crippen LogP contribution in [0.25, 0.3) is 10.8 Å². The highest BCUT2D eigenvalue weighted by molar-refractivity contribution is 6.35. The number of hydrogen-bond donors (Lipinski definition) is 3. The molecular weight excluding hydrogens is 728 g/mol. The summed E-state index contributed by atoms with van der Waals surface area (Å²) in [6.45, 7) is 9.53. The summed E-state index contributed by atoms with van der Waals surface area (Å²) in [4.78, 5) is 46.1. The first-order valence-electron chi connectivity index (χ1n) is 18.4. The van der Waals surface area contributed by atoms with Crippen LogP contribution in [0.3, 0.4) is 0 Å². The quantitative estimate of drug-likeness (QED) is 0.188. The Morgan fingerprint density at radius 3 is 2.60 bits per heavy atom. The van der Waals surface area contributed by atoms with Crippen molar-refractivity contribution in [1.29, 1.82) is 0 Å². The van der Waals surface area contributed by atoms with Crippen LogP contribution in [0.2, 0.25) is 5.02 Å². The number of halogens is 1. The van der Waals surface area contributed by atoms with Gasteiger partial charge in [0, 0.05) is 43.8 Å². The van der Waals surface area contributed by atoms with Crippen LogP contribution < -0.4 is 20.7 Å². The van der Waals surface area contributed by atoms with Crippen LogP contribution >= 0.6 is 11.6 Å². The van der Waals surface area contributed by atoms with Crippen molar-refractivity contribution in [2.45, 2.75) is 95.9 Å². The van der Waals surface area contributed by atoms with Crippen molar-refractivity contribution in [2.75, 3.05) is 37.2 Å². The van der Waals surface area contributed by atoms with E-state index >= 15 is 0 Å². The number of esters is 1. The van der Waals surface area contributed by atoms with E-state index in [1.54, 1.807) is 62.7 Å². The number of hydrogen-bond acceptors (Lipinski definition) is 11. The molecule has 4 N–H and O–H groups in total. The molecule has 4 heterocycles. The molecule has 0 spiro atoms. The average Bonchev–Trinajstić information content (AvgIpc) is 3.85. The highest BCUT2D eigenvalue weighted by Crippen LogP contribution is 2.50. The molecule has 2 fully saturated rings. The van der Waals surface area contributed by atoms with Crippen LogP contribution in [0.5, 0.6) is 5.75 Å². The third kappa shape index (κ3) is 9.07. The first-order valence-corrected chi connectivity index (χ1v) is 18.7. The number of nitrogens with one attached hydrogen (secondary N) is 1. The Bertz CT molecular complexity index is 1990. The molecule has 13 nitrogen and oxygen atoms in total. The SMILES string of the molecule is CC.COc1cc2cc(c1Cl)N(C)C(=O)C[C@H](OC(=O)Nc1ccc3cc(N)ncc3c1)[C@]1(C)O[C@H]1[C@H](C)[C@@H]1C[C@@](O)(CC(=O)O1)[C@H](OC)/C=C/C=C(\C)C2. The molecule has 14 heteroatoms. The predicted molar refractivity (Wildman–Crippen MR) is 211 cm³/mol. The smallest absolute Gasteiger partial charge is 0.412 e. The minimum absolute atomic E-state index is 0.0711. The number of ether oxygens (including phenoxy) is 5. The van der Waals surface area contributed by atoms with Gasteiger partial charge in [0.05, 0.1) is 31.7 Å². The van der Waals surface area contributed by atoms with Crippen molar-refractivity contribution in [3.63, 3.8) is 0 Å². The summed E-state index contributed by atoms with van der Waals surface area (Å²) in [5.74, 6) is -0.696. The molecule has 3 aliphatic heterocycles. The topological polar surface area (TPSA) is 175 Å². The number of carbonyl (C=O) groups excluding carboxylic acids is 3. The van der Waals surface area contributed by atoms with Gasteiger partial charge in [-0.25, -0.2) is 9.78 Å². The fraction of sp³-hybridized carbons (Fsp3) is 0.463. The van der Waals surface area contributed by atoms with Gasteiger partial charge in [0.2, 0.25) is 5.91 Å². The molecule has 1 aromatic heterocycles. The molecule has 55 heavy (non-hydrogen) atoms. The van der Waals surface area contributed by atoms with Crippen molar-refractivity contribution in [1.82, 2.24) is 4.98 Å². The second-order valence-corrected chi connectivity index (χ2v) is 14.7. The minimum atomic E-state index is -1.57. The van der Waals surface area contributed by atoms with E-state index in [2.05, 4.69) is 10.3 Å². The number of benzene rings is 2. The van der Waals surface area contributed by atoms with Crippen LogP contribution in [0.1, 0.15) is 59.4 Å². The second kappa shape index (κ2) is 17.0. The number of allylic oxidation sites excluding steroid dienone is 3. The lowest BCUT2D eigenvalue weighted by atomic mass is 9.78. The van der Waals surface area contributed by atoms with E-state index in [1.165, 1.54) is 19.1 Å². The molecule has 296 valence electrons. The molecule has 2 saturated heterocycles. The number of nitrogens with zero attached hydrogens (tertiary/aromatic N) is 2. The van der Waals surface area contributed by atoms with E-state index in [9.17, 15) is 19.5 Å². The number of amides is 2. The molecule has 0 aliphatic carbocycles. The number of nitrogens with two attached hydrogens (primary N) is 1. The normalized spacial score (nSPS) is 29.7.